The predicted octanol–water partition coefficient (Wildman–Crippen LogP) is 3.53. The van der Waals surface area contributed by atoms with Crippen molar-refractivity contribution in [1.29, 1.82) is 0 Å². The van der Waals surface area contributed by atoms with E-state index in [9.17, 15) is 0 Å². The number of thiophene rings is 1. The van der Waals surface area contributed by atoms with Gasteiger partial charge in [0.25, 0.3) is 0 Å². The molecule has 4 aromatic rings. The highest BCUT2D eigenvalue weighted by molar-refractivity contribution is 7.19. The summed E-state index contributed by atoms with van der Waals surface area (Å²) < 4.78 is 1.73. The van der Waals surface area contributed by atoms with E-state index in [0.717, 1.165) is 40.9 Å². The van der Waals surface area contributed by atoms with Gasteiger partial charge in [-0.05, 0) is 36.7 Å². The van der Waals surface area contributed by atoms with Crippen LogP contribution in [0.2, 0.25) is 5.02 Å². The quantitative estimate of drug-likeness (QED) is 0.379. The van der Waals surface area contributed by atoms with Crippen molar-refractivity contribution in [2.75, 3.05) is 13.6 Å². The molecular weight excluding hydrogens is 396 g/mol. The molecule has 0 radical (unpaired) electrons. The van der Waals surface area contributed by atoms with Gasteiger partial charge in [0.05, 0.1) is 11.6 Å². The van der Waals surface area contributed by atoms with Gasteiger partial charge in [0, 0.05) is 23.0 Å². The second kappa shape index (κ2) is 7.12. The van der Waals surface area contributed by atoms with Crippen LogP contribution >= 0.6 is 22.9 Å². The molecule has 0 atom stereocenters. The molecular formula is C19H17ClN6OS. The summed E-state index contributed by atoms with van der Waals surface area (Å²) in [5.74, 6) is 0.579. The van der Waals surface area contributed by atoms with Crippen LogP contribution in [0.5, 0.6) is 0 Å². The summed E-state index contributed by atoms with van der Waals surface area (Å²) >= 11 is 7.62. The number of hydrogen-bond acceptors (Lipinski definition) is 7. The van der Waals surface area contributed by atoms with Gasteiger partial charge >= 0.3 is 0 Å². The number of fused-ring (bicyclic) bond motifs is 5. The maximum absolute atomic E-state index is 5.87. The van der Waals surface area contributed by atoms with E-state index >= 15 is 0 Å². The number of benzene rings is 1. The molecule has 4 heterocycles. The van der Waals surface area contributed by atoms with Gasteiger partial charge in [-0.1, -0.05) is 28.9 Å². The molecule has 1 aliphatic rings. The maximum atomic E-state index is 5.87. The summed E-state index contributed by atoms with van der Waals surface area (Å²) in [6.45, 7) is 2.21. The standard InChI is InChI=1S/C19H17ClN6OS/c1-25-7-6-14-15(9-25)28-19-17(14)18-23-16(24-26(18)11-21-19)10-27-22-8-12-2-4-13(20)5-3-12/h2-5,8,11H,6-7,9-10H2,1H3/b22-8+. The lowest BCUT2D eigenvalue weighted by Crippen LogP contribution is -2.25. The molecule has 0 saturated carbocycles. The minimum Gasteiger partial charge on any atom is -0.387 e. The SMILES string of the molecule is CN1CCc2c(sc3ncn4nc(CO/N=C/c5ccc(Cl)cc5)nc4c23)C1. The summed E-state index contributed by atoms with van der Waals surface area (Å²) in [6.07, 6.45) is 4.37. The predicted molar refractivity (Wildman–Crippen MR) is 110 cm³/mol. The molecule has 0 fully saturated rings. The maximum Gasteiger partial charge on any atom is 0.192 e. The summed E-state index contributed by atoms with van der Waals surface area (Å²) in [6, 6.07) is 7.37. The second-order valence-corrected chi connectivity index (χ2v) is 8.29. The Kier molecular flexibility index (Phi) is 4.46. The fraction of sp³-hybridized carbons (Fsp3) is 0.263. The molecule has 0 saturated heterocycles. The summed E-state index contributed by atoms with van der Waals surface area (Å²) in [7, 11) is 2.15. The lowest BCUT2D eigenvalue weighted by molar-refractivity contribution is 0.126. The lowest BCUT2D eigenvalue weighted by atomic mass is 10.1. The number of aromatic nitrogens is 4. The van der Waals surface area contributed by atoms with E-state index in [-0.39, 0.29) is 6.61 Å². The Balaban J connectivity index is 1.39. The van der Waals surface area contributed by atoms with Crippen LogP contribution in [0.25, 0.3) is 15.9 Å². The Bertz CT molecular complexity index is 1180. The van der Waals surface area contributed by atoms with Crippen molar-refractivity contribution in [3.8, 4) is 0 Å². The van der Waals surface area contributed by atoms with Gasteiger partial charge in [-0.3, -0.25) is 0 Å². The molecule has 0 unspecified atom stereocenters. The zero-order valence-corrected chi connectivity index (χ0v) is 16.7. The summed E-state index contributed by atoms with van der Waals surface area (Å²) in [5, 5.41) is 10.3. The van der Waals surface area contributed by atoms with Gasteiger partial charge in [0.15, 0.2) is 18.1 Å². The molecule has 9 heteroatoms. The highest BCUT2D eigenvalue weighted by Crippen LogP contribution is 2.35. The van der Waals surface area contributed by atoms with Crippen molar-refractivity contribution in [3.05, 3.63) is 57.4 Å². The first-order valence-electron chi connectivity index (χ1n) is 8.91. The van der Waals surface area contributed by atoms with E-state index < -0.39 is 0 Å². The summed E-state index contributed by atoms with van der Waals surface area (Å²) in [5.41, 5.74) is 3.11. The van der Waals surface area contributed by atoms with Crippen LogP contribution in [0.3, 0.4) is 0 Å². The third-order valence-electron chi connectivity index (χ3n) is 4.75. The number of oxime groups is 1. The average molecular weight is 413 g/mol. The summed E-state index contributed by atoms with van der Waals surface area (Å²) in [4.78, 5) is 19.4. The number of hydrogen-bond donors (Lipinski definition) is 0. The van der Waals surface area contributed by atoms with E-state index in [4.69, 9.17) is 16.4 Å². The molecule has 0 bridgehead atoms. The molecule has 5 rings (SSSR count). The van der Waals surface area contributed by atoms with Gasteiger partial charge in [-0.15, -0.1) is 16.4 Å². The van der Waals surface area contributed by atoms with Crippen LogP contribution < -0.4 is 0 Å². The van der Waals surface area contributed by atoms with Crippen molar-refractivity contribution in [3.63, 3.8) is 0 Å². The Hall–Kier alpha value is -2.55. The molecule has 0 aliphatic carbocycles. The number of likely N-dealkylation sites (N-methyl/N-ethyl adjacent to an activating group) is 1. The van der Waals surface area contributed by atoms with Crippen molar-refractivity contribution < 1.29 is 4.84 Å². The number of rotatable bonds is 4. The Labute approximate surface area is 170 Å². The molecule has 7 nitrogen and oxygen atoms in total. The molecule has 0 spiro atoms. The average Bonchev–Trinajstić information content (AvgIpc) is 3.26. The van der Waals surface area contributed by atoms with Gasteiger partial charge in [-0.2, -0.15) is 0 Å². The highest BCUT2D eigenvalue weighted by Gasteiger charge is 2.22. The molecule has 1 aliphatic heterocycles. The van der Waals surface area contributed by atoms with Crippen LogP contribution in [0.4, 0.5) is 0 Å². The minimum atomic E-state index is 0.197. The molecule has 28 heavy (non-hydrogen) atoms. The van der Waals surface area contributed by atoms with Gasteiger partial charge in [0.1, 0.15) is 11.2 Å². The Morgan fingerprint density at radius 3 is 3.04 bits per heavy atom. The monoisotopic (exact) mass is 412 g/mol. The normalized spacial score (nSPS) is 14.9. The van der Waals surface area contributed by atoms with E-state index in [0.29, 0.717) is 10.8 Å². The Morgan fingerprint density at radius 1 is 1.32 bits per heavy atom. The van der Waals surface area contributed by atoms with Crippen LogP contribution in [-0.4, -0.2) is 44.3 Å². The molecule has 0 amide bonds. The number of nitrogens with zero attached hydrogens (tertiary/aromatic N) is 6. The fourth-order valence-electron chi connectivity index (χ4n) is 3.37. The Morgan fingerprint density at radius 2 is 2.18 bits per heavy atom. The van der Waals surface area contributed by atoms with E-state index in [1.54, 1.807) is 28.4 Å². The van der Waals surface area contributed by atoms with Gasteiger partial charge < -0.3 is 9.74 Å². The van der Waals surface area contributed by atoms with Crippen LogP contribution in [0.1, 0.15) is 21.8 Å². The largest absolute Gasteiger partial charge is 0.387 e. The molecule has 1 aromatic carbocycles. The van der Waals surface area contributed by atoms with Crippen LogP contribution in [0.15, 0.2) is 35.7 Å². The van der Waals surface area contributed by atoms with Crippen molar-refractivity contribution in [2.24, 2.45) is 5.16 Å². The van der Waals surface area contributed by atoms with Crippen LogP contribution in [0, 0.1) is 0 Å². The third-order valence-corrected chi connectivity index (χ3v) is 6.13. The van der Waals surface area contributed by atoms with E-state index in [2.05, 4.69) is 32.2 Å². The van der Waals surface area contributed by atoms with E-state index in [1.165, 1.54) is 10.4 Å². The number of halogens is 1. The van der Waals surface area contributed by atoms with Crippen molar-refractivity contribution in [2.45, 2.75) is 19.6 Å². The third kappa shape index (κ3) is 3.23. The highest BCUT2D eigenvalue weighted by atomic mass is 35.5. The first-order chi connectivity index (χ1) is 13.7. The second-order valence-electron chi connectivity index (χ2n) is 6.77. The molecule has 142 valence electrons. The van der Waals surface area contributed by atoms with Crippen LogP contribution in [-0.2, 0) is 24.4 Å². The topological polar surface area (TPSA) is 67.9 Å². The smallest absolute Gasteiger partial charge is 0.192 e. The van der Waals surface area contributed by atoms with Crippen molar-refractivity contribution in [1.82, 2.24) is 24.5 Å². The first kappa shape index (κ1) is 17.5. The van der Waals surface area contributed by atoms with Gasteiger partial charge in [-0.25, -0.2) is 14.5 Å². The first-order valence-corrected chi connectivity index (χ1v) is 10.1. The zero-order chi connectivity index (χ0) is 19.1. The van der Waals surface area contributed by atoms with E-state index in [1.807, 2.05) is 24.3 Å². The van der Waals surface area contributed by atoms with Gasteiger partial charge in [0.2, 0.25) is 0 Å². The molecule has 0 N–H and O–H groups in total. The fourth-order valence-corrected chi connectivity index (χ4v) is 4.76. The molecule has 3 aromatic heterocycles. The van der Waals surface area contributed by atoms with Crippen molar-refractivity contribution >= 4 is 45.0 Å². The zero-order valence-electron chi connectivity index (χ0n) is 15.2. The lowest BCUT2D eigenvalue weighted by Gasteiger charge is -2.21. The minimum absolute atomic E-state index is 0.197.